The van der Waals surface area contributed by atoms with Gasteiger partial charge in [0.05, 0.1) is 6.54 Å². The zero-order valence-electron chi connectivity index (χ0n) is 10.5. The molecule has 1 fully saturated rings. The summed E-state index contributed by atoms with van der Waals surface area (Å²) in [6.45, 7) is 4.82. The highest BCUT2D eigenvalue weighted by Gasteiger charge is 2.47. The molecule has 0 aliphatic carbocycles. The van der Waals surface area contributed by atoms with Crippen molar-refractivity contribution in [2.45, 2.75) is 51.2 Å². The van der Waals surface area contributed by atoms with Gasteiger partial charge in [0, 0.05) is 12.5 Å². The molecule has 6 heteroatoms. The van der Waals surface area contributed by atoms with E-state index in [1.165, 1.54) is 0 Å². The minimum absolute atomic E-state index is 0.278. The van der Waals surface area contributed by atoms with Gasteiger partial charge in [-0.25, -0.2) is 13.6 Å². The summed E-state index contributed by atoms with van der Waals surface area (Å²) in [6.07, 6.45) is -0.647. The van der Waals surface area contributed by atoms with E-state index in [4.69, 9.17) is 10.5 Å². The first kappa shape index (κ1) is 14.2. The highest BCUT2D eigenvalue weighted by atomic mass is 19.3. The second-order valence-corrected chi connectivity index (χ2v) is 5.40. The number of nitrogens with zero attached hydrogens (tertiary/aromatic N) is 1. The number of carbonyl (C=O) groups excluding carboxylic acids is 1. The summed E-state index contributed by atoms with van der Waals surface area (Å²) in [5.74, 6) is -2.84. The molecule has 0 bridgehead atoms. The van der Waals surface area contributed by atoms with Gasteiger partial charge in [0.15, 0.2) is 0 Å². The van der Waals surface area contributed by atoms with Gasteiger partial charge in [-0.05, 0) is 33.7 Å². The molecule has 1 atom stereocenters. The maximum atomic E-state index is 13.3. The number of ether oxygens (including phenoxy) is 1. The van der Waals surface area contributed by atoms with Gasteiger partial charge in [0.2, 0.25) is 0 Å². The normalized spacial score (nSPS) is 23.9. The van der Waals surface area contributed by atoms with Crippen molar-refractivity contribution >= 4 is 6.09 Å². The third-order valence-corrected chi connectivity index (χ3v) is 2.50. The minimum Gasteiger partial charge on any atom is -0.444 e. The molecule has 17 heavy (non-hydrogen) atoms. The van der Waals surface area contributed by atoms with Crippen molar-refractivity contribution in [1.29, 1.82) is 0 Å². The largest absolute Gasteiger partial charge is 0.444 e. The van der Waals surface area contributed by atoms with E-state index in [0.717, 1.165) is 4.90 Å². The molecular formula is C11H20F2N2O2. The van der Waals surface area contributed by atoms with Crippen molar-refractivity contribution in [3.8, 4) is 0 Å². The average molecular weight is 250 g/mol. The van der Waals surface area contributed by atoms with Crippen LogP contribution in [-0.2, 0) is 4.74 Å². The van der Waals surface area contributed by atoms with Crippen molar-refractivity contribution in [2.24, 2.45) is 5.73 Å². The van der Waals surface area contributed by atoms with Gasteiger partial charge in [-0.2, -0.15) is 0 Å². The number of amides is 1. The molecule has 1 rings (SSSR count). The third kappa shape index (κ3) is 4.11. The number of halogens is 2. The molecule has 0 aromatic carbocycles. The Hall–Kier alpha value is -0.910. The number of hydrogen-bond acceptors (Lipinski definition) is 3. The number of likely N-dealkylation sites (tertiary alicyclic amines) is 1. The summed E-state index contributed by atoms with van der Waals surface area (Å²) in [6, 6.07) is -0.523. The van der Waals surface area contributed by atoms with Crippen LogP contribution in [0.15, 0.2) is 0 Å². The first-order chi connectivity index (χ1) is 7.64. The van der Waals surface area contributed by atoms with Gasteiger partial charge in [0.25, 0.3) is 5.92 Å². The van der Waals surface area contributed by atoms with Crippen LogP contribution >= 0.6 is 0 Å². The molecule has 0 aromatic rings. The Morgan fingerprint density at radius 1 is 1.53 bits per heavy atom. The molecular weight excluding hydrogens is 230 g/mol. The summed E-state index contributed by atoms with van der Waals surface area (Å²) >= 11 is 0. The Bertz CT molecular complexity index is 290. The van der Waals surface area contributed by atoms with Crippen LogP contribution in [0.4, 0.5) is 13.6 Å². The third-order valence-electron chi connectivity index (χ3n) is 2.50. The highest BCUT2D eigenvalue weighted by molar-refractivity contribution is 5.69. The monoisotopic (exact) mass is 250 g/mol. The molecule has 100 valence electrons. The number of nitrogens with two attached hydrogens (primary N) is 1. The summed E-state index contributed by atoms with van der Waals surface area (Å²) < 4.78 is 31.6. The molecule has 0 saturated carbocycles. The van der Waals surface area contributed by atoms with E-state index in [9.17, 15) is 13.6 Å². The van der Waals surface area contributed by atoms with Crippen LogP contribution in [0.3, 0.4) is 0 Å². The summed E-state index contributed by atoms with van der Waals surface area (Å²) in [5.41, 5.74) is 4.68. The van der Waals surface area contributed by atoms with Gasteiger partial charge >= 0.3 is 6.09 Å². The number of rotatable bonds is 2. The van der Waals surface area contributed by atoms with E-state index in [1.807, 2.05) is 0 Å². The highest BCUT2D eigenvalue weighted by Crippen LogP contribution is 2.34. The molecule has 0 spiro atoms. The fraction of sp³-hybridized carbons (Fsp3) is 0.909. The fourth-order valence-corrected chi connectivity index (χ4v) is 1.88. The summed E-state index contributed by atoms with van der Waals surface area (Å²) in [7, 11) is 0. The Morgan fingerprint density at radius 2 is 2.12 bits per heavy atom. The molecule has 0 unspecified atom stereocenters. The predicted molar refractivity (Wildman–Crippen MR) is 60.0 cm³/mol. The second-order valence-electron chi connectivity index (χ2n) is 5.40. The molecule has 1 saturated heterocycles. The van der Waals surface area contributed by atoms with Crippen LogP contribution in [0.2, 0.25) is 0 Å². The van der Waals surface area contributed by atoms with Crippen molar-refractivity contribution in [1.82, 2.24) is 4.90 Å². The van der Waals surface area contributed by atoms with Crippen molar-refractivity contribution in [2.75, 3.05) is 13.1 Å². The van der Waals surface area contributed by atoms with E-state index >= 15 is 0 Å². The topological polar surface area (TPSA) is 55.6 Å². The smallest absolute Gasteiger partial charge is 0.410 e. The van der Waals surface area contributed by atoms with Gasteiger partial charge in [-0.15, -0.1) is 0 Å². The second kappa shape index (κ2) is 4.76. The Balaban J connectivity index is 2.70. The first-order valence-corrected chi connectivity index (χ1v) is 5.72. The van der Waals surface area contributed by atoms with Crippen molar-refractivity contribution in [3.05, 3.63) is 0 Å². The molecule has 1 heterocycles. The SMILES string of the molecule is CC(C)(C)OC(=O)N1CC(F)(F)C[C@H]1CCN. The summed E-state index contributed by atoms with van der Waals surface area (Å²) in [5, 5.41) is 0. The number of hydrogen-bond donors (Lipinski definition) is 1. The molecule has 0 radical (unpaired) electrons. The molecule has 0 aromatic heterocycles. The van der Waals surface area contributed by atoms with E-state index in [0.29, 0.717) is 6.42 Å². The van der Waals surface area contributed by atoms with E-state index in [-0.39, 0.29) is 13.0 Å². The minimum atomic E-state index is -2.84. The van der Waals surface area contributed by atoms with Gasteiger partial charge in [-0.3, -0.25) is 4.90 Å². The van der Waals surface area contributed by atoms with Gasteiger partial charge in [0.1, 0.15) is 5.60 Å². The van der Waals surface area contributed by atoms with Crippen LogP contribution < -0.4 is 5.73 Å². The standard InChI is InChI=1S/C11H20F2N2O2/c1-10(2,3)17-9(16)15-7-11(12,13)6-8(15)4-5-14/h8H,4-7,14H2,1-3H3/t8-/m1/s1. The number of alkyl halides is 2. The Kier molecular flexibility index (Phi) is 3.96. The van der Waals surface area contributed by atoms with E-state index in [1.54, 1.807) is 20.8 Å². The Labute approximate surface area is 100 Å². The lowest BCUT2D eigenvalue weighted by molar-refractivity contribution is -0.00244. The summed E-state index contributed by atoms with van der Waals surface area (Å²) in [4.78, 5) is 12.9. The quantitative estimate of drug-likeness (QED) is 0.815. The lowest BCUT2D eigenvalue weighted by Gasteiger charge is -2.27. The molecule has 4 nitrogen and oxygen atoms in total. The number of carbonyl (C=O) groups is 1. The fourth-order valence-electron chi connectivity index (χ4n) is 1.88. The van der Waals surface area contributed by atoms with Crippen molar-refractivity contribution < 1.29 is 18.3 Å². The maximum Gasteiger partial charge on any atom is 0.410 e. The predicted octanol–water partition coefficient (Wildman–Crippen LogP) is 1.98. The zero-order valence-corrected chi connectivity index (χ0v) is 10.5. The van der Waals surface area contributed by atoms with Gasteiger partial charge < -0.3 is 10.5 Å². The molecule has 1 aliphatic rings. The molecule has 2 N–H and O–H groups in total. The van der Waals surface area contributed by atoms with Crippen molar-refractivity contribution in [3.63, 3.8) is 0 Å². The zero-order chi connectivity index (χ0) is 13.3. The lowest BCUT2D eigenvalue weighted by atomic mass is 10.1. The van der Waals surface area contributed by atoms with Crippen LogP contribution in [0.25, 0.3) is 0 Å². The lowest BCUT2D eigenvalue weighted by Crippen LogP contribution is -2.41. The van der Waals surface area contributed by atoms with E-state index in [2.05, 4.69) is 0 Å². The van der Waals surface area contributed by atoms with Crippen LogP contribution in [-0.4, -0.2) is 41.6 Å². The van der Waals surface area contributed by atoms with Crippen LogP contribution in [0, 0.1) is 0 Å². The molecule has 1 amide bonds. The van der Waals surface area contributed by atoms with Crippen LogP contribution in [0.1, 0.15) is 33.6 Å². The van der Waals surface area contributed by atoms with E-state index < -0.39 is 30.2 Å². The Morgan fingerprint density at radius 3 is 2.59 bits per heavy atom. The average Bonchev–Trinajstić information content (AvgIpc) is 2.39. The maximum absolute atomic E-state index is 13.3. The van der Waals surface area contributed by atoms with Crippen LogP contribution in [0.5, 0.6) is 0 Å². The molecule has 1 aliphatic heterocycles. The first-order valence-electron chi connectivity index (χ1n) is 5.72. The van der Waals surface area contributed by atoms with Gasteiger partial charge in [-0.1, -0.05) is 0 Å².